The summed E-state index contributed by atoms with van der Waals surface area (Å²) in [7, 11) is 0. The fourth-order valence-corrected chi connectivity index (χ4v) is 4.27. The topological polar surface area (TPSA) is 41.6 Å². The van der Waals surface area contributed by atoms with Crippen LogP contribution in [0.5, 0.6) is 0 Å². The zero-order valence-corrected chi connectivity index (χ0v) is 15.5. The van der Waals surface area contributed by atoms with Gasteiger partial charge < -0.3 is 10.1 Å². The van der Waals surface area contributed by atoms with E-state index in [1.165, 1.54) is 24.9 Å². The predicted molar refractivity (Wildman–Crippen MR) is 100 cm³/mol. The van der Waals surface area contributed by atoms with Crippen LogP contribution in [0.25, 0.3) is 0 Å². The normalized spacial score (nSPS) is 27.8. The Hall–Kier alpha value is -1.39. The highest BCUT2D eigenvalue weighted by molar-refractivity contribution is 5.72. The van der Waals surface area contributed by atoms with E-state index in [-0.39, 0.29) is 11.9 Å². The van der Waals surface area contributed by atoms with Crippen LogP contribution in [0.1, 0.15) is 51.0 Å². The average molecular weight is 344 g/mol. The number of likely N-dealkylation sites (tertiary alicyclic amines) is 1. The number of esters is 1. The van der Waals surface area contributed by atoms with E-state index >= 15 is 0 Å². The number of benzene rings is 1. The van der Waals surface area contributed by atoms with E-state index in [0.29, 0.717) is 18.7 Å². The van der Waals surface area contributed by atoms with Crippen molar-refractivity contribution in [3.63, 3.8) is 0 Å². The number of hydrogen-bond acceptors (Lipinski definition) is 4. The van der Waals surface area contributed by atoms with Gasteiger partial charge in [0.2, 0.25) is 0 Å². The second kappa shape index (κ2) is 9.35. The Kier molecular flexibility index (Phi) is 6.88. The summed E-state index contributed by atoms with van der Waals surface area (Å²) in [4.78, 5) is 14.4. The maximum Gasteiger partial charge on any atom is 0.308 e. The molecule has 0 aromatic heterocycles. The monoisotopic (exact) mass is 344 g/mol. The quantitative estimate of drug-likeness (QED) is 0.804. The van der Waals surface area contributed by atoms with Crippen molar-refractivity contribution < 1.29 is 9.53 Å². The number of carbonyl (C=O) groups excluding carboxylic acids is 1. The van der Waals surface area contributed by atoms with Gasteiger partial charge in [-0.1, -0.05) is 30.3 Å². The third kappa shape index (κ3) is 5.55. The largest absolute Gasteiger partial charge is 0.466 e. The average Bonchev–Trinajstić information content (AvgIpc) is 2.64. The van der Waals surface area contributed by atoms with Gasteiger partial charge in [-0.3, -0.25) is 9.69 Å². The molecule has 1 aliphatic heterocycles. The smallest absolute Gasteiger partial charge is 0.308 e. The van der Waals surface area contributed by atoms with E-state index in [4.69, 9.17) is 4.74 Å². The molecule has 4 nitrogen and oxygen atoms in total. The molecule has 1 saturated carbocycles. The fraction of sp³-hybridized carbons (Fsp3) is 0.667. The fourth-order valence-electron chi connectivity index (χ4n) is 4.27. The number of rotatable bonds is 6. The van der Waals surface area contributed by atoms with E-state index in [1.54, 1.807) is 0 Å². The summed E-state index contributed by atoms with van der Waals surface area (Å²) in [5.74, 6) is 0.131. The lowest BCUT2D eigenvalue weighted by molar-refractivity contribution is -0.149. The molecule has 1 unspecified atom stereocenters. The van der Waals surface area contributed by atoms with Crippen molar-refractivity contribution in [2.45, 2.75) is 64.1 Å². The molecule has 2 aliphatic rings. The van der Waals surface area contributed by atoms with E-state index in [1.807, 2.05) is 6.92 Å². The minimum atomic E-state index is 0.00709. The summed E-state index contributed by atoms with van der Waals surface area (Å²) in [5, 5.41) is 3.87. The highest BCUT2D eigenvalue weighted by atomic mass is 16.5. The summed E-state index contributed by atoms with van der Waals surface area (Å²) in [6, 6.07) is 11.9. The molecule has 0 amide bonds. The van der Waals surface area contributed by atoms with Gasteiger partial charge in [0.15, 0.2) is 0 Å². The second-order valence-electron chi connectivity index (χ2n) is 7.53. The molecule has 25 heavy (non-hydrogen) atoms. The van der Waals surface area contributed by atoms with Crippen LogP contribution >= 0.6 is 0 Å². The van der Waals surface area contributed by atoms with E-state index < -0.39 is 0 Å². The Morgan fingerprint density at radius 2 is 1.88 bits per heavy atom. The van der Waals surface area contributed by atoms with Crippen molar-refractivity contribution in [2.24, 2.45) is 5.92 Å². The Morgan fingerprint density at radius 3 is 2.60 bits per heavy atom. The maximum atomic E-state index is 11.9. The molecule has 0 radical (unpaired) electrons. The molecular formula is C21H32N2O2. The molecule has 0 spiro atoms. The lowest BCUT2D eigenvalue weighted by atomic mass is 9.85. The highest BCUT2D eigenvalue weighted by Gasteiger charge is 2.29. The minimum Gasteiger partial charge on any atom is -0.466 e. The lowest BCUT2D eigenvalue weighted by Crippen LogP contribution is -2.49. The zero-order valence-electron chi connectivity index (χ0n) is 15.5. The molecule has 138 valence electrons. The van der Waals surface area contributed by atoms with Gasteiger partial charge in [0.05, 0.1) is 12.5 Å². The number of nitrogens with zero attached hydrogens (tertiary/aromatic N) is 1. The first kappa shape index (κ1) is 18.4. The van der Waals surface area contributed by atoms with Crippen LogP contribution in [0, 0.1) is 5.92 Å². The number of carbonyl (C=O) groups is 1. The van der Waals surface area contributed by atoms with Gasteiger partial charge >= 0.3 is 5.97 Å². The first-order chi connectivity index (χ1) is 12.2. The number of nitrogens with one attached hydrogen (secondary N) is 1. The van der Waals surface area contributed by atoms with Gasteiger partial charge in [-0.2, -0.15) is 0 Å². The van der Waals surface area contributed by atoms with Gasteiger partial charge in [-0.15, -0.1) is 0 Å². The molecule has 2 fully saturated rings. The number of hydrogen-bond donors (Lipinski definition) is 1. The van der Waals surface area contributed by atoms with Crippen molar-refractivity contribution in [3.8, 4) is 0 Å². The summed E-state index contributed by atoms with van der Waals surface area (Å²) in [6.45, 7) is 5.76. The van der Waals surface area contributed by atoms with E-state index in [0.717, 1.165) is 38.8 Å². The van der Waals surface area contributed by atoms with Crippen LogP contribution in [-0.4, -0.2) is 42.6 Å². The molecule has 1 saturated heterocycles. The van der Waals surface area contributed by atoms with Gasteiger partial charge in [-0.05, 0) is 57.6 Å². The standard InChI is InChI=1S/C21H32N2O2/c1-2-25-21(24)18-10-12-19(13-11-18)22-20-9-6-14-23(16-20)15-17-7-4-3-5-8-17/h3-5,7-8,18-20,22H,2,6,9-16H2,1H3. The minimum absolute atomic E-state index is 0.00709. The summed E-state index contributed by atoms with van der Waals surface area (Å²) >= 11 is 0. The Bertz CT molecular complexity index is 526. The van der Waals surface area contributed by atoms with Crippen LogP contribution in [-0.2, 0) is 16.1 Å². The molecule has 1 N–H and O–H groups in total. The summed E-state index contributed by atoms with van der Waals surface area (Å²) in [5.41, 5.74) is 1.40. The number of piperidine rings is 1. The first-order valence-corrected chi connectivity index (χ1v) is 9.93. The van der Waals surface area contributed by atoms with Crippen molar-refractivity contribution in [3.05, 3.63) is 35.9 Å². The molecular weight excluding hydrogens is 312 g/mol. The molecule has 4 heteroatoms. The third-order valence-electron chi connectivity index (χ3n) is 5.57. The highest BCUT2D eigenvalue weighted by Crippen LogP contribution is 2.26. The molecule has 1 aliphatic carbocycles. The molecule has 1 atom stereocenters. The first-order valence-electron chi connectivity index (χ1n) is 9.93. The Morgan fingerprint density at radius 1 is 1.12 bits per heavy atom. The van der Waals surface area contributed by atoms with Gasteiger partial charge in [0.1, 0.15) is 0 Å². The van der Waals surface area contributed by atoms with Crippen LogP contribution in [0.4, 0.5) is 0 Å². The Balaban J connectivity index is 1.42. The lowest BCUT2D eigenvalue weighted by Gasteiger charge is -2.37. The SMILES string of the molecule is CCOC(=O)C1CCC(NC2CCCN(Cc3ccccc3)C2)CC1. The van der Waals surface area contributed by atoms with Gasteiger partial charge in [-0.25, -0.2) is 0 Å². The third-order valence-corrected chi connectivity index (χ3v) is 5.57. The number of ether oxygens (including phenoxy) is 1. The summed E-state index contributed by atoms with van der Waals surface area (Å²) in [6.07, 6.45) is 6.66. The van der Waals surface area contributed by atoms with E-state index in [2.05, 4.69) is 40.5 Å². The molecule has 1 aromatic rings. The van der Waals surface area contributed by atoms with Crippen molar-refractivity contribution >= 4 is 5.97 Å². The Labute approximate surface area is 151 Å². The maximum absolute atomic E-state index is 11.9. The molecule has 0 bridgehead atoms. The van der Waals surface area contributed by atoms with Gasteiger partial charge in [0.25, 0.3) is 0 Å². The van der Waals surface area contributed by atoms with Crippen LogP contribution < -0.4 is 5.32 Å². The predicted octanol–water partition coefficient (Wildman–Crippen LogP) is 3.36. The summed E-state index contributed by atoms with van der Waals surface area (Å²) < 4.78 is 5.17. The van der Waals surface area contributed by atoms with Crippen molar-refractivity contribution in [1.29, 1.82) is 0 Å². The van der Waals surface area contributed by atoms with Crippen LogP contribution in [0.2, 0.25) is 0 Å². The van der Waals surface area contributed by atoms with Crippen LogP contribution in [0.15, 0.2) is 30.3 Å². The van der Waals surface area contributed by atoms with Gasteiger partial charge in [0, 0.05) is 25.2 Å². The molecule has 1 heterocycles. The zero-order chi connectivity index (χ0) is 17.5. The molecule has 3 rings (SSSR count). The van der Waals surface area contributed by atoms with Crippen molar-refractivity contribution in [2.75, 3.05) is 19.7 Å². The second-order valence-corrected chi connectivity index (χ2v) is 7.53. The van der Waals surface area contributed by atoms with Crippen molar-refractivity contribution in [1.82, 2.24) is 10.2 Å². The molecule has 1 aromatic carbocycles. The van der Waals surface area contributed by atoms with Crippen LogP contribution in [0.3, 0.4) is 0 Å². The van der Waals surface area contributed by atoms with E-state index in [9.17, 15) is 4.79 Å².